The Morgan fingerprint density at radius 2 is 1.57 bits per heavy atom. The van der Waals surface area contributed by atoms with E-state index in [0.29, 0.717) is 0 Å². The Hall–Kier alpha value is -2.43. The number of hydrogen-bond acceptors (Lipinski definition) is 5. The van der Waals surface area contributed by atoms with Crippen LogP contribution in [0.5, 0.6) is 0 Å². The quantitative estimate of drug-likeness (QED) is 0.687. The van der Waals surface area contributed by atoms with E-state index >= 15 is 0 Å². The summed E-state index contributed by atoms with van der Waals surface area (Å²) >= 11 is 0. The summed E-state index contributed by atoms with van der Waals surface area (Å²) in [5.41, 5.74) is 1.05. The van der Waals surface area contributed by atoms with Crippen molar-refractivity contribution in [1.29, 1.82) is 0 Å². The highest BCUT2D eigenvalue weighted by Crippen LogP contribution is 2.08. The summed E-state index contributed by atoms with van der Waals surface area (Å²) in [5.74, 6) is 0. The van der Waals surface area contributed by atoms with E-state index in [1.165, 1.54) is 19.3 Å². The second-order valence-corrected chi connectivity index (χ2v) is 4.69. The van der Waals surface area contributed by atoms with E-state index in [4.69, 9.17) is 0 Å². The average Bonchev–Trinajstić information content (AvgIpc) is 2.57. The second-order valence-electron chi connectivity index (χ2n) is 4.69. The van der Waals surface area contributed by atoms with Crippen LogP contribution in [-0.4, -0.2) is 25.6 Å². The maximum absolute atomic E-state index is 3.89. The maximum atomic E-state index is 3.89. The van der Waals surface area contributed by atoms with Crippen LogP contribution in [0.25, 0.3) is 10.8 Å². The molecule has 1 aromatic carbocycles. The lowest BCUT2D eigenvalue weighted by Crippen LogP contribution is -1.93. The Morgan fingerprint density at radius 3 is 2.14 bits per heavy atom. The summed E-state index contributed by atoms with van der Waals surface area (Å²) in [5, 5.41) is 20.9. The van der Waals surface area contributed by atoms with Crippen LogP contribution in [0.2, 0.25) is 0 Å². The Balaban J connectivity index is 0.000000154. The van der Waals surface area contributed by atoms with Crippen LogP contribution in [0.1, 0.15) is 31.9 Å². The van der Waals surface area contributed by atoms with E-state index in [0.717, 1.165) is 22.9 Å². The van der Waals surface area contributed by atoms with Gasteiger partial charge >= 0.3 is 0 Å². The van der Waals surface area contributed by atoms with Crippen LogP contribution in [0, 0.1) is 0 Å². The summed E-state index contributed by atoms with van der Waals surface area (Å²) in [6.07, 6.45) is 9.96. The van der Waals surface area contributed by atoms with E-state index < -0.39 is 0 Å². The van der Waals surface area contributed by atoms with E-state index in [2.05, 4.69) is 32.5 Å². The highest BCUT2D eigenvalue weighted by molar-refractivity contribution is 5.80. The van der Waals surface area contributed by atoms with Gasteiger partial charge in [0.25, 0.3) is 0 Å². The zero-order chi connectivity index (χ0) is 14.8. The van der Waals surface area contributed by atoms with Crippen molar-refractivity contribution in [2.45, 2.75) is 32.6 Å². The number of hydrogen-bond donors (Lipinski definition) is 0. The molecule has 0 spiro atoms. The second kappa shape index (κ2) is 8.68. The van der Waals surface area contributed by atoms with Gasteiger partial charge in [0.05, 0.1) is 24.3 Å². The maximum Gasteiger partial charge on any atom is 0.0664 e. The summed E-state index contributed by atoms with van der Waals surface area (Å²) in [4.78, 5) is 0. The monoisotopic (exact) mass is 281 g/mol. The van der Waals surface area contributed by atoms with Gasteiger partial charge in [-0.05, 0) is 24.1 Å². The minimum Gasteiger partial charge on any atom is -0.158 e. The molecule has 0 fully saturated rings. The lowest BCUT2D eigenvalue weighted by molar-refractivity contribution is 0.688. The molecule has 5 nitrogen and oxygen atoms in total. The molecule has 0 aliphatic rings. The van der Waals surface area contributed by atoms with Gasteiger partial charge in [-0.25, -0.2) is 0 Å². The largest absolute Gasteiger partial charge is 0.158 e. The van der Waals surface area contributed by atoms with Gasteiger partial charge in [-0.3, -0.25) is 0 Å². The van der Waals surface area contributed by atoms with Crippen molar-refractivity contribution >= 4 is 10.8 Å². The third kappa shape index (κ3) is 5.22. The fourth-order valence-electron chi connectivity index (χ4n) is 1.89. The third-order valence-corrected chi connectivity index (χ3v) is 3.05. The Bertz CT molecular complexity index is 577. The molecule has 5 heteroatoms. The molecule has 3 aromatic rings. The van der Waals surface area contributed by atoms with Crippen LogP contribution in [-0.2, 0) is 6.42 Å². The molecule has 0 N–H and O–H groups in total. The van der Waals surface area contributed by atoms with Crippen molar-refractivity contribution < 1.29 is 0 Å². The minimum atomic E-state index is 1.03. The van der Waals surface area contributed by atoms with Crippen LogP contribution in [0.15, 0.2) is 48.9 Å². The number of fused-ring (bicyclic) bond motifs is 1. The van der Waals surface area contributed by atoms with Crippen LogP contribution in [0.4, 0.5) is 0 Å². The normalized spacial score (nSPS) is 9.95. The molecule has 2 aromatic heterocycles. The molecular formula is C16H19N5. The van der Waals surface area contributed by atoms with Gasteiger partial charge in [0, 0.05) is 10.8 Å². The van der Waals surface area contributed by atoms with Gasteiger partial charge in [0.15, 0.2) is 0 Å². The molecule has 3 rings (SSSR count). The first kappa shape index (κ1) is 15.0. The van der Waals surface area contributed by atoms with Crippen molar-refractivity contribution in [3.63, 3.8) is 0 Å². The molecule has 0 bridgehead atoms. The van der Waals surface area contributed by atoms with Gasteiger partial charge in [-0.15, -0.1) is 10.2 Å². The number of rotatable bonds is 4. The van der Waals surface area contributed by atoms with Crippen molar-refractivity contribution in [2.24, 2.45) is 0 Å². The molecule has 0 unspecified atom stereocenters. The van der Waals surface area contributed by atoms with E-state index in [-0.39, 0.29) is 0 Å². The average molecular weight is 281 g/mol. The fourth-order valence-corrected chi connectivity index (χ4v) is 1.89. The molecule has 108 valence electrons. The lowest BCUT2D eigenvalue weighted by Gasteiger charge is -1.95. The summed E-state index contributed by atoms with van der Waals surface area (Å²) < 4.78 is 0. The predicted molar refractivity (Wildman–Crippen MR) is 82.6 cm³/mol. The number of unbranched alkanes of at least 4 members (excludes halogenated alkanes) is 2. The molecule has 0 atom stereocenters. The smallest absolute Gasteiger partial charge is 0.0664 e. The zero-order valence-corrected chi connectivity index (χ0v) is 12.2. The van der Waals surface area contributed by atoms with Crippen molar-refractivity contribution in [2.75, 3.05) is 0 Å². The Morgan fingerprint density at radius 1 is 0.857 bits per heavy atom. The minimum absolute atomic E-state index is 1.03. The molecular weight excluding hydrogens is 262 g/mol. The predicted octanol–water partition coefficient (Wildman–Crippen LogP) is 3.23. The molecule has 2 heterocycles. The van der Waals surface area contributed by atoms with E-state index in [9.17, 15) is 0 Å². The fraction of sp³-hybridized carbons (Fsp3) is 0.312. The molecule has 0 aliphatic heterocycles. The van der Waals surface area contributed by atoms with E-state index in [1.54, 1.807) is 18.6 Å². The third-order valence-electron chi connectivity index (χ3n) is 3.05. The molecule has 0 aliphatic carbocycles. The van der Waals surface area contributed by atoms with Crippen LogP contribution in [0.3, 0.4) is 0 Å². The van der Waals surface area contributed by atoms with Gasteiger partial charge in [0.2, 0.25) is 0 Å². The first-order valence-corrected chi connectivity index (χ1v) is 7.19. The first-order chi connectivity index (χ1) is 10.4. The molecule has 0 saturated carbocycles. The lowest BCUT2D eigenvalue weighted by atomic mass is 10.1. The number of benzene rings is 1. The molecule has 0 saturated heterocycles. The number of aryl methyl sites for hydroxylation is 1. The van der Waals surface area contributed by atoms with E-state index in [1.807, 2.05) is 30.3 Å². The standard InChI is InChI=1S/C8H13N3.C8H6N2/c1-2-3-4-5-8-6-7-9-11-10-8;1-2-4-8-6-10-9-5-7(8)3-1/h6-7H,2-5H2,1H3;1-6H. The van der Waals surface area contributed by atoms with Gasteiger partial charge in [0.1, 0.15) is 0 Å². The van der Waals surface area contributed by atoms with Crippen molar-refractivity contribution in [3.05, 3.63) is 54.6 Å². The van der Waals surface area contributed by atoms with Gasteiger partial charge in [-0.1, -0.05) is 44.0 Å². The Kier molecular flexibility index (Phi) is 6.19. The number of aromatic nitrogens is 5. The molecule has 0 amide bonds. The van der Waals surface area contributed by atoms with Crippen LogP contribution >= 0.6 is 0 Å². The zero-order valence-electron chi connectivity index (χ0n) is 12.2. The van der Waals surface area contributed by atoms with Gasteiger partial charge < -0.3 is 0 Å². The summed E-state index contributed by atoms with van der Waals surface area (Å²) in [7, 11) is 0. The SMILES string of the molecule is CCCCCc1ccnnn1.c1ccc2cnncc2c1. The van der Waals surface area contributed by atoms with Gasteiger partial charge in [-0.2, -0.15) is 10.2 Å². The summed E-state index contributed by atoms with van der Waals surface area (Å²) in [6.45, 7) is 2.19. The Labute approximate surface area is 124 Å². The molecule has 0 radical (unpaired) electrons. The highest BCUT2D eigenvalue weighted by atomic mass is 15.3. The van der Waals surface area contributed by atoms with Crippen molar-refractivity contribution in [1.82, 2.24) is 25.6 Å². The first-order valence-electron chi connectivity index (χ1n) is 7.19. The number of nitrogens with zero attached hydrogens (tertiary/aromatic N) is 5. The topological polar surface area (TPSA) is 64.5 Å². The molecule has 21 heavy (non-hydrogen) atoms. The highest BCUT2D eigenvalue weighted by Gasteiger charge is 1.92. The van der Waals surface area contributed by atoms with Crippen LogP contribution < -0.4 is 0 Å². The van der Waals surface area contributed by atoms with Crippen molar-refractivity contribution in [3.8, 4) is 0 Å². The summed E-state index contributed by atoms with van der Waals surface area (Å²) in [6, 6.07) is 9.94.